The van der Waals surface area contributed by atoms with E-state index < -0.39 is 14.9 Å². The minimum atomic E-state index is -3.93. The molecule has 0 spiro atoms. The number of rotatable bonds is 4. The van der Waals surface area contributed by atoms with Gasteiger partial charge in [0.15, 0.2) is 0 Å². The fourth-order valence-electron chi connectivity index (χ4n) is 1.94. The van der Waals surface area contributed by atoms with Crippen molar-refractivity contribution in [1.29, 1.82) is 0 Å². The monoisotopic (exact) mass is 384 g/mol. The maximum Gasteiger partial charge on any atom is 0.271 e. The van der Waals surface area contributed by atoms with Crippen molar-refractivity contribution in [3.8, 4) is 0 Å². The molecule has 0 heterocycles. The van der Waals surface area contributed by atoms with Crippen LogP contribution in [0.4, 0.5) is 11.4 Å². The van der Waals surface area contributed by atoms with Crippen LogP contribution >= 0.6 is 15.9 Å². The zero-order valence-electron chi connectivity index (χ0n) is 11.8. The Morgan fingerprint density at radius 3 is 2.41 bits per heavy atom. The number of para-hydroxylation sites is 1. The Hall–Kier alpha value is -1.93. The van der Waals surface area contributed by atoms with Crippen LogP contribution in [-0.4, -0.2) is 13.3 Å². The van der Waals surface area contributed by atoms with Gasteiger partial charge in [-0.2, -0.15) is 0 Å². The first-order valence-electron chi connectivity index (χ1n) is 6.25. The number of benzene rings is 2. The summed E-state index contributed by atoms with van der Waals surface area (Å²) in [6, 6.07) is 9.16. The lowest BCUT2D eigenvalue weighted by Crippen LogP contribution is -2.15. The second kappa shape index (κ2) is 6.05. The SMILES string of the molecule is Cc1cc([N+](=O)[O-])cc(S(=O)(=O)Nc2ccccc2Br)c1C. The summed E-state index contributed by atoms with van der Waals surface area (Å²) in [6.45, 7) is 3.26. The zero-order chi connectivity index (χ0) is 16.5. The molecule has 0 radical (unpaired) electrons. The fraction of sp³-hybridized carbons (Fsp3) is 0.143. The number of nitrogens with zero attached hydrogens (tertiary/aromatic N) is 1. The molecule has 8 heteroatoms. The van der Waals surface area contributed by atoms with E-state index in [1.807, 2.05) is 0 Å². The zero-order valence-corrected chi connectivity index (χ0v) is 14.2. The van der Waals surface area contributed by atoms with E-state index in [1.54, 1.807) is 38.1 Å². The normalized spacial score (nSPS) is 11.2. The molecule has 0 fully saturated rings. The lowest BCUT2D eigenvalue weighted by Gasteiger charge is -2.13. The lowest BCUT2D eigenvalue weighted by atomic mass is 10.1. The number of non-ortho nitro benzene ring substituents is 1. The molecule has 6 nitrogen and oxygen atoms in total. The van der Waals surface area contributed by atoms with Gasteiger partial charge in [-0.25, -0.2) is 8.42 Å². The summed E-state index contributed by atoms with van der Waals surface area (Å²) < 4.78 is 28.1. The van der Waals surface area contributed by atoms with Crippen LogP contribution < -0.4 is 4.72 Å². The van der Waals surface area contributed by atoms with Crippen molar-refractivity contribution >= 4 is 37.3 Å². The Morgan fingerprint density at radius 2 is 1.82 bits per heavy atom. The van der Waals surface area contributed by atoms with Crippen molar-refractivity contribution < 1.29 is 13.3 Å². The Labute approximate surface area is 136 Å². The minimum Gasteiger partial charge on any atom is -0.278 e. The van der Waals surface area contributed by atoms with Crippen LogP contribution in [0, 0.1) is 24.0 Å². The molecular weight excluding hydrogens is 372 g/mol. The standard InChI is InChI=1S/C14H13BrN2O4S/c1-9-7-11(17(18)19)8-14(10(9)2)22(20,21)16-13-6-4-3-5-12(13)15/h3-8,16H,1-2H3. The first-order valence-corrected chi connectivity index (χ1v) is 8.53. The van der Waals surface area contributed by atoms with Crippen LogP contribution in [0.2, 0.25) is 0 Å². The number of nitro benzene ring substituents is 1. The molecule has 0 unspecified atom stereocenters. The molecule has 116 valence electrons. The summed E-state index contributed by atoms with van der Waals surface area (Å²) in [5.74, 6) is 0. The maximum atomic E-state index is 12.5. The summed E-state index contributed by atoms with van der Waals surface area (Å²) in [7, 11) is -3.93. The third-order valence-electron chi connectivity index (χ3n) is 3.22. The summed E-state index contributed by atoms with van der Waals surface area (Å²) in [5.41, 5.74) is 1.13. The van der Waals surface area contributed by atoms with Crippen LogP contribution in [0.15, 0.2) is 45.8 Å². The number of nitro groups is 1. The molecule has 2 aromatic rings. The summed E-state index contributed by atoms with van der Waals surface area (Å²) in [6.07, 6.45) is 0. The molecule has 0 aromatic heterocycles. The summed E-state index contributed by atoms with van der Waals surface area (Å²) in [5, 5.41) is 10.9. The second-order valence-corrected chi connectivity index (χ2v) is 7.23. The summed E-state index contributed by atoms with van der Waals surface area (Å²) in [4.78, 5) is 10.2. The average Bonchev–Trinajstić information content (AvgIpc) is 2.43. The molecule has 0 aliphatic rings. The van der Waals surface area contributed by atoms with Gasteiger partial charge in [-0.3, -0.25) is 14.8 Å². The molecule has 0 aliphatic heterocycles. The number of hydrogen-bond acceptors (Lipinski definition) is 4. The molecule has 0 bridgehead atoms. The van der Waals surface area contributed by atoms with Crippen molar-refractivity contribution in [2.45, 2.75) is 18.7 Å². The van der Waals surface area contributed by atoms with E-state index in [0.29, 0.717) is 21.3 Å². The highest BCUT2D eigenvalue weighted by Gasteiger charge is 2.23. The Morgan fingerprint density at radius 1 is 1.18 bits per heavy atom. The van der Waals surface area contributed by atoms with E-state index in [1.165, 1.54) is 6.07 Å². The number of hydrogen-bond donors (Lipinski definition) is 1. The van der Waals surface area contributed by atoms with E-state index >= 15 is 0 Å². The Kier molecular flexibility index (Phi) is 4.52. The molecule has 1 N–H and O–H groups in total. The number of nitrogens with one attached hydrogen (secondary N) is 1. The van der Waals surface area contributed by atoms with Crippen LogP contribution in [0.5, 0.6) is 0 Å². The van der Waals surface area contributed by atoms with Gasteiger partial charge in [0, 0.05) is 16.6 Å². The molecule has 0 atom stereocenters. The predicted molar refractivity (Wildman–Crippen MR) is 87.5 cm³/mol. The van der Waals surface area contributed by atoms with E-state index in [-0.39, 0.29) is 10.6 Å². The van der Waals surface area contributed by atoms with Crippen molar-refractivity contribution in [1.82, 2.24) is 0 Å². The topological polar surface area (TPSA) is 89.3 Å². The highest BCUT2D eigenvalue weighted by molar-refractivity contribution is 9.10. The maximum absolute atomic E-state index is 12.5. The van der Waals surface area contributed by atoms with Gasteiger partial charge in [0.2, 0.25) is 0 Å². The van der Waals surface area contributed by atoms with Crippen molar-refractivity contribution in [3.63, 3.8) is 0 Å². The molecule has 0 aliphatic carbocycles. The first kappa shape index (κ1) is 16.4. The van der Waals surface area contributed by atoms with Crippen LogP contribution in [0.1, 0.15) is 11.1 Å². The number of aryl methyl sites for hydroxylation is 1. The largest absolute Gasteiger partial charge is 0.278 e. The van der Waals surface area contributed by atoms with E-state index in [4.69, 9.17) is 0 Å². The molecule has 2 aromatic carbocycles. The number of sulfonamides is 1. The Bertz CT molecular complexity index is 850. The average molecular weight is 385 g/mol. The molecular formula is C14H13BrN2O4S. The van der Waals surface area contributed by atoms with Crippen molar-refractivity contribution in [3.05, 3.63) is 62.1 Å². The van der Waals surface area contributed by atoms with Gasteiger partial charge in [0.1, 0.15) is 0 Å². The highest BCUT2D eigenvalue weighted by Crippen LogP contribution is 2.29. The fourth-order valence-corrected chi connectivity index (χ4v) is 3.87. The van der Waals surface area contributed by atoms with Crippen LogP contribution in [0.25, 0.3) is 0 Å². The van der Waals surface area contributed by atoms with Crippen molar-refractivity contribution in [2.75, 3.05) is 4.72 Å². The molecule has 0 saturated heterocycles. The highest BCUT2D eigenvalue weighted by atomic mass is 79.9. The number of halogens is 1. The number of anilines is 1. The summed E-state index contributed by atoms with van der Waals surface area (Å²) >= 11 is 3.26. The smallest absolute Gasteiger partial charge is 0.271 e. The first-order chi connectivity index (χ1) is 10.2. The second-order valence-electron chi connectivity index (χ2n) is 4.73. The predicted octanol–water partition coefficient (Wildman–Crippen LogP) is 3.77. The van der Waals surface area contributed by atoms with E-state index in [9.17, 15) is 18.5 Å². The van der Waals surface area contributed by atoms with Gasteiger partial charge in [-0.05, 0) is 53.0 Å². The van der Waals surface area contributed by atoms with Gasteiger partial charge in [-0.15, -0.1) is 0 Å². The molecule has 2 rings (SSSR count). The Balaban J connectivity index is 2.54. The molecule has 22 heavy (non-hydrogen) atoms. The van der Waals surface area contributed by atoms with Crippen LogP contribution in [-0.2, 0) is 10.0 Å². The van der Waals surface area contributed by atoms with Gasteiger partial charge >= 0.3 is 0 Å². The third kappa shape index (κ3) is 3.28. The van der Waals surface area contributed by atoms with E-state index in [0.717, 1.165) is 6.07 Å². The van der Waals surface area contributed by atoms with Crippen LogP contribution in [0.3, 0.4) is 0 Å². The quantitative estimate of drug-likeness (QED) is 0.641. The molecule has 0 saturated carbocycles. The lowest BCUT2D eigenvalue weighted by molar-refractivity contribution is -0.385. The van der Waals surface area contributed by atoms with Gasteiger partial charge in [0.05, 0.1) is 15.5 Å². The van der Waals surface area contributed by atoms with Crippen molar-refractivity contribution in [2.24, 2.45) is 0 Å². The van der Waals surface area contributed by atoms with Gasteiger partial charge < -0.3 is 0 Å². The minimum absolute atomic E-state index is 0.102. The van der Waals surface area contributed by atoms with Gasteiger partial charge in [0.25, 0.3) is 15.7 Å². The third-order valence-corrected chi connectivity index (χ3v) is 5.41. The molecule has 0 amide bonds. The van der Waals surface area contributed by atoms with E-state index in [2.05, 4.69) is 20.7 Å². The van der Waals surface area contributed by atoms with Gasteiger partial charge in [-0.1, -0.05) is 12.1 Å².